The van der Waals surface area contributed by atoms with Crippen LogP contribution in [0.2, 0.25) is 0 Å². The van der Waals surface area contributed by atoms with Crippen LogP contribution in [0.1, 0.15) is 0 Å². The second-order valence-corrected chi connectivity index (χ2v) is 2.30. The van der Waals surface area contributed by atoms with Gasteiger partial charge in [0.1, 0.15) is 5.52 Å². The van der Waals surface area contributed by atoms with Crippen LogP contribution >= 0.6 is 12.2 Å². The van der Waals surface area contributed by atoms with Crippen molar-refractivity contribution < 1.29 is 0 Å². The van der Waals surface area contributed by atoms with Gasteiger partial charge < -0.3 is 4.98 Å². The van der Waals surface area contributed by atoms with Gasteiger partial charge in [0.2, 0.25) is 0 Å². The lowest BCUT2D eigenvalue weighted by Crippen LogP contribution is -1.80. The summed E-state index contributed by atoms with van der Waals surface area (Å²) in [5.74, 6) is 0. The highest BCUT2D eigenvalue weighted by molar-refractivity contribution is 7.71. The van der Waals surface area contributed by atoms with Gasteiger partial charge in [-0.15, -0.1) is 0 Å². The summed E-state index contributed by atoms with van der Waals surface area (Å²) in [6.45, 7) is 0. The van der Waals surface area contributed by atoms with Crippen LogP contribution in [-0.2, 0) is 0 Å². The first-order valence-corrected chi connectivity index (χ1v) is 3.15. The summed E-state index contributed by atoms with van der Waals surface area (Å²) < 4.78 is 0.686. The predicted octanol–water partition coefficient (Wildman–Crippen LogP) is 1.02. The quantitative estimate of drug-likeness (QED) is 0.554. The van der Waals surface area contributed by atoms with Crippen molar-refractivity contribution in [1.82, 2.24) is 20.2 Å². The van der Waals surface area contributed by atoms with Gasteiger partial charge in [0.25, 0.3) is 0 Å². The first-order valence-electron chi connectivity index (χ1n) is 2.75. The van der Waals surface area contributed by atoms with Crippen LogP contribution in [0.25, 0.3) is 11.2 Å². The standard InChI is InChI=1S/C5H4N4S/c10-3-1-8-9-5-4(3)6-2-7-5/h1-2H,(H2,6,7,9,10). The van der Waals surface area contributed by atoms with Crippen molar-refractivity contribution in [2.75, 3.05) is 0 Å². The van der Waals surface area contributed by atoms with Gasteiger partial charge in [-0.25, -0.2) is 4.98 Å². The normalized spacial score (nSPS) is 10.4. The molecule has 0 aliphatic heterocycles. The third-order valence-electron chi connectivity index (χ3n) is 1.24. The van der Waals surface area contributed by atoms with E-state index < -0.39 is 0 Å². The Hall–Kier alpha value is -1.23. The maximum atomic E-state index is 4.95. The van der Waals surface area contributed by atoms with Crippen molar-refractivity contribution >= 4 is 23.4 Å². The molecule has 50 valence electrons. The van der Waals surface area contributed by atoms with E-state index in [0.717, 1.165) is 5.52 Å². The molecule has 0 aromatic carbocycles. The Morgan fingerprint density at radius 2 is 2.40 bits per heavy atom. The van der Waals surface area contributed by atoms with Crippen molar-refractivity contribution in [1.29, 1.82) is 0 Å². The molecule has 0 bridgehead atoms. The summed E-state index contributed by atoms with van der Waals surface area (Å²) in [6, 6.07) is 0. The number of hydrogen-bond acceptors (Lipinski definition) is 3. The Bertz CT molecular complexity index is 401. The third kappa shape index (κ3) is 0.640. The molecule has 2 rings (SSSR count). The van der Waals surface area contributed by atoms with Crippen LogP contribution in [0.3, 0.4) is 0 Å². The van der Waals surface area contributed by atoms with Gasteiger partial charge in [0, 0.05) is 0 Å². The van der Waals surface area contributed by atoms with Crippen LogP contribution in [0.4, 0.5) is 0 Å². The van der Waals surface area contributed by atoms with Crippen LogP contribution in [0.5, 0.6) is 0 Å². The fraction of sp³-hybridized carbons (Fsp3) is 0. The number of aromatic nitrogens is 4. The minimum atomic E-state index is 0.686. The second kappa shape index (κ2) is 1.88. The number of imidazole rings is 1. The molecule has 0 spiro atoms. The van der Waals surface area contributed by atoms with E-state index in [-0.39, 0.29) is 0 Å². The van der Waals surface area contributed by atoms with E-state index in [1.807, 2.05) is 0 Å². The molecular formula is C5H4N4S. The molecular weight excluding hydrogens is 148 g/mol. The van der Waals surface area contributed by atoms with Gasteiger partial charge in [-0.3, -0.25) is 5.10 Å². The van der Waals surface area contributed by atoms with E-state index in [2.05, 4.69) is 20.2 Å². The number of fused-ring (bicyclic) bond motifs is 1. The SMILES string of the molecule is S=c1cn[nH]c2nc[nH]c12. The van der Waals surface area contributed by atoms with Crippen LogP contribution < -0.4 is 0 Å². The molecule has 2 heterocycles. The lowest BCUT2D eigenvalue weighted by atomic mass is 10.5. The largest absolute Gasteiger partial charge is 0.342 e. The molecule has 0 fully saturated rings. The summed E-state index contributed by atoms with van der Waals surface area (Å²) in [5, 5.41) is 6.49. The van der Waals surface area contributed by atoms with Crippen LogP contribution in [-0.4, -0.2) is 20.2 Å². The second-order valence-electron chi connectivity index (χ2n) is 1.86. The number of hydrogen-bond donors (Lipinski definition) is 2. The molecule has 0 aliphatic rings. The zero-order valence-electron chi connectivity index (χ0n) is 4.96. The monoisotopic (exact) mass is 152 g/mol. The van der Waals surface area contributed by atoms with Gasteiger partial charge >= 0.3 is 0 Å². The highest BCUT2D eigenvalue weighted by Crippen LogP contribution is 2.03. The van der Waals surface area contributed by atoms with E-state index >= 15 is 0 Å². The Labute approximate surface area is 61.3 Å². The molecule has 0 saturated heterocycles. The Balaban J connectivity index is 3.09. The van der Waals surface area contributed by atoms with E-state index in [1.165, 1.54) is 0 Å². The lowest BCUT2D eigenvalue weighted by molar-refractivity contribution is 1.06. The summed E-state index contributed by atoms with van der Waals surface area (Å²) in [5.41, 5.74) is 1.54. The molecule has 0 saturated carbocycles. The van der Waals surface area contributed by atoms with Crippen molar-refractivity contribution in [3.63, 3.8) is 0 Å². The van der Waals surface area contributed by atoms with Gasteiger partial charge in [0.05, 0.1) is 17.0 Å². The summed E-state index contributed by atoms with van der Waals surface area (Å²) in [6.07, 6.45) is 3.16. The van der Waals surface area contributed by atoms with E-state index in [1.54, 1.807) is 12.5 Å². The van der Waals surface area contributed by atoms with E-state index in [9.17, 15) is 0 Å². The van der Waals surface area contributed by atoms with E-state index in [0.29, 0.717) is 10.2 Å². The number of nitrogens with zero attached hydrogens (tertiary/aromatic N) is 2. The van der Waals surface area contributed by atoms with Gasteiger partial charge in [-0.2, -0.15) is 5.10 Å². The zero-order chi connectivity index (χ0) is 6.97. The summed E-state index contributed by atoms with van der Waals surface area (Å²) >= 11 is 4.95. The topological polar surface area (TPSA) is 57.4 Å². The molecule has 4 nitrogen and oxygen atoms in total. The molecule has 2 aromatic rings. The molecule has 0 amide bonds. The highest BCUT2D eigenvalue weighted by atomic mass is 32.1. The van der Waals surface area contributed by atoms with Gasteiger partial charge in [-0.1, -0.05) is 12.2 Å². The average molecular weight is 152 g/mol. The number of H-pyrrole nitrogens is 2. The molecule has 0 aliphatic carbocycles. The van der Waals surface area contributed by atoms with Crippen LogP contribution in [0.15, 0.2) is 12.5 Å². The molecule has 10 heavy (non-hydrogen) atoms. The van der Waals surface area contributed by atoms with Crippen molar-refractivity contribution in [2.24, 2.45) is 0 Å². The minimum absolute atomic E-state index is 0.686. The van der Waals surface area contributed by atoms with Crippen molar-refractivity contribution in [2.45, 2.75) is 0 Å². The summed E-state index contributed by atoms with van der Waals surface area (Å²) in [4.78, 5) is 6.84. The fourth-order valence-electron chi connectivity index (χ4n) is 0.783. The minimum Gasteiger partial charge on any atom is -0.342 e. The van der Waals surface area contributed by atoms with Crippen molar-refractivity contribution in [3.8, 4) is 0 Å². The fourth-order valence-corrected chi connectivity index (χ4v) is 0.992. The molecule has 0 unspecified atom stereocenters. The number of aromatic amines is 2. The maximum absolute atomic E-state index is 4.95. The Kier molecular flexibility index (Phi) is 1.04. The van der Waals surface area contributed by atoms with Gasteiger partial charge in [0.15, 0.2) is 5.65 Å². The van der Waals surface area contributed by atoms with Crippen molar-refractivity contribution in [3.05, 3.63) is 17.0 Å². The first kappa shape index (κ1) is 5.55. The molecule has 2 N–H and O–H groups in total. The van der Waals surface area contributed by atoms with E-state index in [4.69, 9.17) is 12.2 Å². The molecule has 0 radical (unpaired) electrons. The smallest absolute Gasteiger partial charge is 0.173 e. The molecule has 5 heteroatoms. The molecule has 0 atom stereocenters. The first-order chi connectivity index (χ1) is 4.88. The maximum Gasteiger partial charge on any atom is 0.173 e. The number of rotatable bonds is 0. The summed E-state index contributed by atoms with van der Waals surface area (Å²) in [7, 11) is 0. The average Bonchev–Trinajstić information content (AvgIpc) is 2.36. The highest BCUT2D eigenvalue weighted by Gasteiger charge is 1.94. The molecule has 2 aromatic heterocycles. The lowest BCUT2D eigenvalue weighted by Gasteiger charge is -1.84. The van der Waals surface area contributed by atoms with Gasteiger partial charge in [-0.05, 0) is 0 Å². The Morgan fingerprint density at radius 3 is 3.20 bits per heavy atom. The van der Waals surface area contributed by atoms with Crippen LogP contribution in [0, 0.1) is 4.51 Å². The predicted molar refractivity (Wildman–Crippen MR) is 39.1 cm³/mol. The zero-order valence-corrected chi connectivity index (χ0v) is 5.77. The number of nitrogens with one attached hydrogen (secondary N) is 2. The third-order valence-corrected chi connectivity index (χ3v) is 1.55. The Morgan fingerprint density at radius 1 is 1.50 bits per heavy atom.